The van der Waals surface area contributed by atoms with E-state index in [1.165, 1.54) is 40.6 Å². The van der Waals surface area contributed by atoms with Crippen molar-refractivity contribution in [3.63, 3.8) is 0 Å². The van der Waals surface area contributed by atoms with Crippen LogP contribution >= 0.6 is 11.8 Å². The summed E-state index contributed by atoms with van der Waals surface area (Å²) in [4.78, 5) is 12.1. The van der Waals surface area contributed by atoms with Crippen LogP contribution in [-0.2, 0) is 6.42 Å². The van der Waals surface area contributed by atoms with Crippen molar-refractivity contribution in [2.24, 2.45) is 0 Å². The van der Waals surface area contributed by atoms with Crippen molar-refractivity contribution in [3.8, 4) is 0 Å². The van der Waals surface area contributed by atoms with Gasteiger partial charge in [-0.2, -0.15) is 0 Å². The molecule has 0 amide bonds. The molecule has 116 valence electrons. The number of hydrogen-bond acceptors (Lipinski definition) is 3. The van der Waals surface area contributed by atoms with Crippen molar-refractivity contribution in [2.45, 2.75) is 24.4 Å². The fraction of sp³-hybridized carbons (Fsp3) is 0.312. The number of hydrogen-bond donors (Lipinski definition) is 1. The van der Waals surface area contributed by atoms with Crippen LogP contribution in [0.1, 0.15) is 22.7 Å². The van der Waals surface area contributed by atoms with E-state index in [2.05, 4.69) is 0 Å². The molecule has 1 unspecified atom stereocenters. The van der Waals surface area contributed by atoms with E-state index in [9.17, 15) is 18.7 Å². The predicted octanol–water partition coefficient (Wildman–Crippen LogP) is 2.66. The number of aliphatic hydroxyl groups is 1. The molecule has 1 atom stereocenters. The molecule has 2 heterocycles. The van der Waals surface area contributed by atoms with Crippen molar-refractivity contribution in [2.75, 3.05) is 12.4 Å². The zero-order valence-corrected chi connectivity index (χ0v) is 12.8. The number of thioether (sulfide) groups is 1. The fourth-order valence-corrected chi connectivity index (χ4v) is 4.13. The highest BCUT2D eigenvalue weighted by molar-refractivity contribution is 7.99. The van der Waals surface area contributed by atoms with Crippen LogP contribution in [0, 0.1) is 18.6 Å². The van der Waals surface area contributed by atoms with Crippen LogP contribution in [0.25, 0.3) is 0 Å². The van der Waals surface area contributed by atoms with Crippen molar-refractivity contribution in [1.29, 1.82) is 0 Å². The number of pyridine rings is 1. The lowest BCUT2D eigenvalue weighted by Crippen LogP contribution is -2.26. The zero-order valence-electron chi connectivity index (χ0n) is 12.0. The molecule has 1 N–H and O–H groups in total. The molecular formula is C16H15F2NO2S. The Kier molecular flexibility index (Phi) is 4.06. The van der Waals surface area contributed by atoms with Crippen LogP contribution in [0.4, 0.5) is 8.78 Å². The summed E-state index contributed by atoms with van der Waals surface area (Å²) in [5.74, 6) is -0.598. The minimum atomic E-state index is -0.592. The maximum atomic E-state index is 13.9. The van der Waals surface area contributed by atoms with Gasteiger partial charge in [-0.1, -0.05) is 6.07 Å². The maximum Gasteiger partial charge on any atom is 0.252 e. The molecule has 1 aliphatic rings. The molecule has 6 heteroatoms. The van der Waals surface area contributed by atoms with Crippen molar-refractivity contribution in [1.82, 2.24) is 4.57 Å². The van der Waals surface area contributed by atoms with Gasteiger partial charge in [0, 0.05) is 23.8 Å². The molecule has 1 aliphatic heterocycles. The maximum absolute atomic E-state index is 13.9. The number of nitrogens with zero attached hydrogens (tertiary/aromatic N) is 1. The smallest absolute Gasteiger partial charge is 0.252 e. The summed E-state index contributed by atoms with van der Waals surface area (Å²) in [6, 6.07) is 4.97. The number of halogens is 2. The van der Waals surface area contributed by atoms with Gasteiger partial charge in [0.1, 0.15) is 11.6 Å². The minimum absolute atomic E-state index is 0.0000902. The second kappa shape index (κ2) is 5.85. The highest BCUT2D eigenvalue weighted by Crippen LogP contribution is 2.36. The molecule has 0 radical (unpaired) electrons. The number of aryl methyl sites for hydroxylation is 1. The van der Waals surface area contributed by atoms with E-state index < -0.39 is 11.6 Å². The Morgan fingerprint density at radius 2 is 2.00 bits per heavy atom. The summed E-state index contributed by atoms with van der Waals surface area (Å²) in [7, 11) is 0. The van der Waals surface area contributed by atoms with Gasteiger partial charge >= 0.3 is 0 Å². The van der Waals surface area contributed by atoms with Gasteiger partial charge in [0.15, 0.2) is 0 Å². The lowest BCUT2D eigenvalue weighted by molar-refractivity contribution is 0.236. The lowest BCUT2D eigenvalue weighted by atomic mass is 10.0. The Labute approximate surface area is 130 Å². The third kappa shape index (κ3) is 2.46. The summed E-state index contributed by atoms with van der Waals surface area (Å²) in [6.45, 7) is 1.64. The Bertz CT molecular complexity index is 768. The molecule has 1 aromatic heterocycles. The van der Waals surface area contributed by atoms with E-state index in [1.54, 1.807) is 6.92 Å². The monoisotopic (exact) mass is 323 g/mol. The van der Waals surface area contributed by atoms with Crippen LogP contribution in [0.2, 0.25) is 0 Å². The fourth-order valence-electron chi connectivity index (χ4n) is 2.74. The topological polar surface area (TPSA) is 42.2 Å². The van der Waals surface area contributed by atoms with Crippen molar-refractivity contribution >= 4 is 11.8 Å². The van der Waals surface area contributed by atoms with Gasteiger partial charge in [0.25, 0.3) is 5.56 Å². The lowest BCUT2D eigenvalue weighted by Gasteiger charge is -2.16. The summed E-state index contributed by atoms with van der Waals surface area (Å²) < 4.78 is 29.3. The van der Waals surface area contributed by atoms with Gasteiger partial charge in [0.2, 0.25) is 0 Å². The quantitative estimate of drug-likeness (QED) is 0.944. The second-order valence-electron chi connectivity index (χ2n) is 5.34. The van der Waals surface area contributed by atoms with E-state index in [1.807, 2.05) is 0 Å². The molecule has 1 aromatic carbocycles. The molecule has 0 bridgehead atoms. The van der Waals surface area contributed by atoms with Gasteiger partial charge in [0.05, 0.1) is 17.7 Å². The molecule has 3 rings (SSSR count). The highest BCUT2D eigenvalue weighted by Gasteiger charge is 2.27. The van der Waals surface area contributed by atoms with E-state index >= 15 is 0 Å². The van der Waals surface area contributed by atoms with Crippen LogP contribution in [0.15, 0.2) is 34.1 Å². The Hall–Kier alpha value is -1.66. The van der Waals surface area contributed by atoms with Crippen LogP contribution in [-0.4, -0.2) is 22.0 Å². The first-order valence-corrected chi connectivity index (χ1v) is 7.93. The van der Waals surface area contributed by atoms with E-state index in [0.29, 0.717) is 16.3 Å². The Morgan fingerprint density at radius 1 is 1.32 bits per heavy atom. The van der Waals surface area contributed by atoms with Crippen molar-refractivity contribution < 1.29 is 13.9 Å². The first-order valence-electron chi connectivity index (χ1n) is 6.94. The van der Waals surface area contributed by atoms with E-state index in [4.69, 9.17) is 0 Å². The van der Waals surface area contributed by atoms with Crippen molar-refractivity contribution in [3.05, 3.63) is 62.9 Å². The third-order valence-electron chi connectivity index (χ3n) is 3.93. The number of fused-ring (bicyclic) bond motifs is 1. The molecule has 2 aromatic rings. The molecule has 0 saturated heterocycles. The predicted molar refractivity (Wildman–Crippen MR) is 81.4 cm³/mol. The van der Waals surface area contributed by atoms with Gasteiger partial charge < -0.3 is 5.11 Å². The molecular weight excluding hydrogens is 308 g/mol. The normalized spacial score (nSPS) is 16.8. The standard InChI is InChI=1S/C16H15F2NO2S/c1-9-5-15(21)19-10(7-20)8-22-16(19)11(9)6-12-13(17)3-2-4-14(12)18/h2-5,10,20H,6-8H2,1H3. The van der Waals surface area contributed by atoms with Gasteiger partial charge in [-0.25, -0.2) is 8.78 Å². The van der Waals surface area contributed by atoms with Crippen LogP contribution < -0.4 is 5.56 Å². The number of aromatic nitrogens is 1. The minimum Gasteiger partial charge on any atom is -0.394 e. The third-order valence-corrected chi connectivity index (χ3v) is 5.20. The molecule has 22 heavy (non-hydrogen) atoms. The molecule has 0 aliphatic carbocycles. The molecule has 0 saturated carbocycles. The zero-order chi connectivity index (χ0) is 15.9. The first kappa shape index (κ1) is 15.2. The van der Waals surface area contributed by atoms with Gasteiger partial charge in [-0.15, -0.1) is 11.8 Å². The summed E-state index contributed by atoms with van der Waals surface area (Å²) >= 11 is 1.44. The number of rotatable bonds is 3. The summed E-state index contributed by atoms with van der Waals surface area (Å²) in [5, 5.41) is 10.1. The Balaban J connectivity index is 2.13. The summed E-state index contributed by atoms with van der Waals surface area (Å²) in [6.07, 6.45) is 0.0884. The molecule has 0 spiro atoms. The molecule has 3 nitrogen and oxygen atoms in total. The number of aliphatic hydroxyl groups excluding tert-OH is 1. The second-order valence-corrected chi connectivity index (χ2v) is 6.35. The molecule has 0 fully saturated rings. The SMILES string of the molecule is Cc1cc(=O)n2c(c1Cc1c(F)cccc1F)SCC2CO. The van der Waals surface area contributed by atoms with E-state index in [-0.39, 0.29) is 30.2 Å². The Morgan fingerprint density at radius 3 is 2.64 bits per heavy atom. The van der Waals surface area contributed by atoms with Gasteiger partial charge in [-0.3, -0.25) is 9.36 Å². The first-order chi connectivity index (χ1) is 10.5. The average molecular weight is 323 g/mol. The highest BCUT2D eigenvalue weighted by atomic mass is 32.2. The number of benzene rings is 1. The van der Waals surface area contributed by atoms with E-state index in [0.717, 1.165) is 5.56 Å². The van der Waals surface area contributed by atoms with Crippen LogP contribution in [0.3, 0.4) is 0 Å². The van der Waals surface area contributed by atoms with Gasteiger partial charge in [-0.05, 0) is 30.2 Å². The van der Waals surface area contributed by atoms with Crippen LogP contribution in [0.5, 0.6) is 0 Å². The summed E-state index contributed by atoms with van der Waals surface area (Å²) in [5.41, 5.74) is 1.27. The average Bonchev–Trinajstić information content (AvgIpc) is 2.90. The largest absolute Gasteiger partial charge is 0.394 e.